The van der Waals surface area contributed by atoms with E-state index in [1.165, 1.54) is 25.4 Å². The maximum absolute atomic E-state index is 13.8. The van der Waals surface area contributed by atoms with E-state index in [2.05, 4.69) is 25.4 Å². The second-order valence-electron chi connectivity index (χ2n) is 7.11. The van der Waals surface area contributed by atoms with Crippen molar-refractivity contribution in [3.63, 3.8) is 0 Å². The molecule has 4 heterocycles. The monoisotopic (exact) mass is 443 g/mol. The summed E-state index contributed by atoms with van der Waals surface area (Å²) in [5, 5.41) is 7.05. The Hall–Kier alpha value is -4.60. The summed E-state index contributed by atoms with van der Waals surface area (Å²) in [5.74, 6) is 0.132. The van der Waals surface area contributed by atoms with Crippen molar-refractivity contribution in [3.8, 4) is 5.88 Å². The molecule has 0 radical (unpaired) electrons. The van der Waals surface area contributed by atoms with Crippen molar-refractivity contribution >= 4 is 29.3 Å². The predicted molar refractivity (Wildman–Crippen MR) is 121 cm³/mol. The number of nitrogens with zero attached hydrogens (tertiary/aromatic N) is 6. The van der Waals surface area contributed by atoms with Gasteiger partial charge in [0.2, 0.25) is 5.88 Å². The molecule has 1 N–H and O–H groups in total. The number of aromatic nitrogens is 4. The Balaban J connectivity index is 1.47. The van der Waals surface area contributed by atoms with Gasteiger partial charge in [0, 0.05) is 24.7 Å². The minimum atomic E-state index is -0.484. The molecule has 1 aliphatic heterocycles. The Morgan fingerprint density at radius 2 is 2.03 bits per heavy atom. The van der Waals surface area contributed by atoms with Crippen LogP contribution >= 0.6 is 0 Å². The number of carbonyl (C=O) groups excluding carboxylic acids is 1. The third kappa shape index (κ3) is 4.01. The van der Waals surface area contributed by atoms with Crippen molar-refractivity contribution in [1.82, 2.24) is 19.6 Å². The molecule has 0 saturated heterocycles. The van der Waals surface area contributed by atoms with Crippen LogP contribution in [0.2, 0.25) is 0 Å². The third-order valence-electron chi connectivity index (χ3n) is 5.00. The molecule has 1 amide bonds. The van der Waals surface area contributed by atoms with E-state index in [9.17, 15) is 9.18 Å². The Kier molecular flexibility index (Phi) is 5.23. The first-order valence-electron chi connectivity index (χ1n) is 10.0. The van der Waals surface area contributed by atoms with Gasteiger partial charge in [-0.25, -0.2) is 18.9 Å². The highest BCUT2D eigenvalue weighted by atomic mass is 19.1. The molecule has 0 aliphatic carbocycles. The zero-order valence-electron chi connectivity index (χ0n) is 17.5. The van der Waals surface area contributed by atoms with Gasteiger partial charge < -0.3 is 15.0 Å². The lowest BCUT2D eigenvalue weighted by Crippen LogP contribution is -2.25. The van der Waals surface area contributed by atoms with Crippen LogP contribution in [0.5, 0.6) is 5.88 Å². The number of ether oxygens (including phenoxy) is 1. The molecule has 33 heavy (non-hydrogen) atoms. The fourth-order valence-electron chi connectivity index (χ4n) is 3.46. The number of halogens is 1. The number of amides is 1. The molecule has 5 rings (SSSR count). The molecular weight excluding hydrogens is 425 g/mol. The SMILES string of the molecule is COc1cccc(C(=O)Nc2cnn3ccc(N4C=CC=N[C@H]4c4cccc(F)c4)nc23)n1. The summed E-state index contributed by atoms with van der Waals surface area (Å²) in [6, 6.07) is 13.0. The van der Waals surface area contributed by atoms with Crippen LogP contribution in [-0.2, 0) is 0 Å². The standard InChI is InChI=1S/C23H18FN7O2/c1-33-20-8-3-7-17(27-20)23(32)28-18-14-26-31-12-9-19(29-22(18)31)30-11-4-10-25-21(30)15-5-2-6-16(24)13-15/h2-14,21H,1H3,(H,28,32)/t21-/m1/s1. The Labute approximate surface area is 187 Å². The van der Waals surface area contributed by atoms with Crippen molar-refractivity contribution in [1.29, 1.82) is 0 Å². The number of pyridine rings is 1. The lowest BCUT2D eigenvalue weighted by molar-refractivity contribution is 0.102. The number of hydrogen-bond donors (Lipinski definition) is 1. The van der Waals surface area contributed by atoms with E-state index in [0.29, 0.717) is 28.6 Å². The van der Waals surface area contributed by atoms with E-state index in [0.717, 1.165) is 0 Å². The van der Waals surface area contributed by atoms with E-state index >= 15 is 0 Å². The quantitative estimate of drug-likeness (QED) is 0.506. The molecule has 1 aliphatic rings. The highest BCUT2D eigenvalue weighted by Gasteiger charge is 2.22. The highest BCUT2D eigenvalue weighted by molar-refractivity contribution is 6.04. The highest BCUT2D eigenvalue weighted by Crippen LogP contribution is 2.30. The Bertz CT molecular complexity index is 1400. The first-order valence-corrected chi connectivity index (χ1v) is 10.0. The second kappa shape index (κ2) is 8.50. The topological polar surface area (TPSA) is 97.0 Å². The summed E-state index contributed by atoms with van der Waals surface area (Å²) in [5.41, 5.74) is 1.73. The van der Waals surface area contributed by atoms with Crippen LogP contribution in [0.3, 0.4) is 0 Å². The van der Waals surface area contributed by atoms with E-state index in [4.69, 9.17) is 4.74 Å². The molecule has 0 spiro atoms. The van der Waals surface area contributed by atoms with Gasteiger partial charge in [-0.05, 0) is 35.9 Å². The van der Waals surface area contributed by atoms with Gasteiger partial charge in [0.1, 0.15) is 23.0 Å². The molecule has 3 aromatic heterocycles. The number of aliphatic imine (C=N–C) groups is 1. The van der Waals surface area contributed by atoms with Gasteiger partial charge >= 0.3 is 0 Å². The van der Waals surface area contributed by atoms with Crippen LogP contribution in [0.15, 0.2) is 78.2 Å². The fraction of sp³-hybridized carbons (Fsp3) is 0.0870. The van der Waals surface area contributed by atoms with Gasteiger partial charge in [-0.1, -0.05) is 18.2 Å². The normalized spacial score (nSPS) is 15.1. The summed E-state index contributed by atoms with van der Waals surface area (Å²) in [4.78, 5) is 27.8. The summed E-state index contributed by atoms with van der Waals surface area (Å²) in [6.07, 6.45) is 8.01. The van der Waals surface area contributed by atoms with Gasteiger partial charge in [0.15, 0.2) is 11.8 Å². The van der Waals surface area contributed by atoms with Gasteiger partial charge in [0.25, 0.3) is 5.91 Å². The van der Waals surface area contributed by atoms with Crippen molar-refractivity contribution < 1.29 is 13.9 Å². The van der Waals surface area contributed by atoms with Crippen LogP contribution in [0.25, 0.3) is 5.65 Å². The first kappa shape index (κ1) is 20.3. The zero-order valence-corrected chi connectivity index (χ0v) is 17.5. The third-order valence-corrected chi connectivity index (χ3v) is 5.00. The number of anilines is 2. The molecular formula is C23H18FN7O2. The zero-order chi connectivity index (χ0) is 22.8. The number of rotatable bonds is 5. The van der Waals surface area contributed by atoms with Crippen LogP contribution in [0.1, 0.15) is 22.2 Å². The molecule has 0 bridgehead atoms. The maximum Gasteiger partial charge on any atom is 0.274 e. The largest absolute Gasteiger partial charge is 0.481 e. The summed E-state index contributed by atoms with van der Waals surface area (Å²) in [7, 11) is 1.48. The van der Waals surface area contributed by atoms with Crippen LogP contribution in [0.4, 0.5) is 15.9 Å². The number of carbonyl (C=O) groups is 1. The van der Waals surface area contributed by atoms with Gasteiger partial charge in [-0.15, -0.1) is 0 Å². The maximum atomic E-state index is 13.8. The number of methoxy groups -OCH3 is 1. The molecule has 10 heteroatoms. The molecule has 1 atom stereocenters. The van der Waals surface area contributed by atoms with Crippen molar-refractivity contribution in [2.45, 2.75) is 6.17 Å². The number of benzene rings is 1. The Morgan fingerprint density at radius 3 is 2.88 bits per heavy atom. The van der Waals surface area contributed by atoms with E-state index < -0.39 is 12.1 Å². The van der Waals surface area contributed by atoms with Crippen molar-refractivity contribution in [3.05, 3.63) is 90.3 Å². The second-order valence-corrected chi connectivity index (χ2v) is 7.11. The lowest BCUT2D eigenvalue weighted by Gasteiger charge is -2.29. The molecule has 1 aromatic carbocycles. The fourth-order valence-corrected chi connectivity index (χ4v) is 3.46. The Morgan fingerprint density at radius 1 is 1.15 bits per heavy atom. The number of hydrogen-bond acceptors (Lipinski definition) is 7. The number of allylic oxidation sites excluding steroid dienone is 1. The van der Waals surface area contributed by atoms with E-state index in [1.807, 2.05) is 11.1 Å². The number of fused-ring (bicyclic) bond motifs is 1. The van der Waals surface area contributed by atoms with Gasteiger partial charge in [-0.2, -0.15) is 5.10 Å². The molecule has 9 nitrogen and oxygen atoms in total. The average Bonchev–Trinajstić information content (AvgIpc) is 3.26. The van der Waals surface area contributed by atoms with E-state index in [-0.39, 0.29) is 11.5 Å². The molecule has 164 valence electrons. The van der Waals surface area contributed by atoms with Crippen LogP contribution in [-0.4, -0.2) is 38.8 Å². The molecule has 0 saturated carbocycles. The average molecular weight is 443 g/mol. The molecule has 0 unspecified atom stereocenters. The van der Waals surface area contributed by atoms with Crippen LogP contribution in [0, 0.1) is 5.82 Å². The van der Waals surface area contributed by atoms with Crippen molar-refractivity contribution in [2.24, 2.45) is 4.99 Å². The minimum absolute atomic E-state index is 0.198. The summed E-state index contributed by atoms with van der Waals surface area (Å²) < 4.78 is 20.4. The smallest absolute Gasteiger partial charge is 0.274 e. The van der Waals surface area contributed by atoms with Gasteiger partial charge in [-0.3, -0.25) is 9.79 Å². The predicted octanol–water partition coefficient (Wildman–Crippen LogP) is 3.63. The lowest BCUT2D eigenvalue weighted by atomic mass is 10.1. The van der Waals surface area contributed by atoms with Gasteiger partial charge in [0.05, 0.1) is 13.3 Å². The summed E-state index contributed by atoms with van der Waals surface area (Å²) >= 11 is 0. The van der Waals surface area contributed by atoms with Crippen molar-refractivity contribution in [2.75, 3.05) is 17.3 Å². The van der Waals surface area contributed by atoms with Crippen LogP contribution < -0.4 is 15.0 Å². The number of nitrogens with one attached hydrogen (secondary N) is 1. The minimum Gasteiger partial charge on any atom is -0.481 e. The van der Waals surface area contributed by atoms with E-state index in [1.54, 1.807) is 59.4 Å². The summed E-state index contributed by atoms with van der Waals surface area (Å²) in [6.45, 7) is 0. The molecule has 0 fully saturated rings. The molecule has 4 aromatic rings. The first-order chi connectivity index (χ1) is 16.1.